The van der Waals surface area contributed by atoms with E-state index in [1.165, 1.54) is 18.2 Å². The summed E-state index contributed by atoms with van der Waals surface area (Å²) >= 11 is 3.19. The lowest BCUT2D eigenvalue weighted by Crippen LogP contribution is -2.26. The van der Waals surface area contributed by atoms with Crippen LogP contribution in [0, 0.1) is 5.82 Å². The smallest absolute Gasteiger partial charge is 0.347 e. The molecule has 0 N–H and O–H groups in total. The molecular weight excluding hydrogens is 365 g/mol. The van der Waals surface area contributed by atoms with Crippen molar-refractivity contribution < 1.29 is 18.7 Å². The number of carbonyl (C=O) groups excluding carboxylic acids is 1. The van der Waals surface area contributed by atoms with E-state index in [1.807, 2.05) is 12.1 Å². The highest BCUT2D eigenvalue weighted by atomic mass is 79.9. The molecule has 1 aromatic heterocycles. The summed E-state index contributed by atoms with van der Waals surface area (Å²) in [6, 6.07) is 7.86. The van der Waals surface area contributed by atoms with Crippen molar-refractivity contribution in [3.8, 4) is 5.75 Å². The average molecular weight is 382 g/mol. The van der Waals surface area contributed by atoms with Crippen molar-refractivity contribution >= 4 is 21.9 Å². The third kappa shape index (κ3) is 5.63. The fraction of sp³-hybridized carbons (Fsp3) is 0.294. The molecule has 0 aliphatic heterocycles. The molecule has 4 nitrogen and oxygen atoms in total. The molecule has 0 saturated heterocycles. The molecule has 1 heterocycles. The van der Waals surface area contributed by atoms with E-state index >= 15 is 0 Å². The third-order valence-electron chi connectivity index (χ3n) is 3.11. The summed E-state index contributed by atoms with van der Waals surface area (Å²) in [5, 5.41) is 0. The maximum absolute atomic E-state index is 13.0. The van der Waals surface area contributed by atoms with Crippen LogP contribution in [0.5, 0.6) is 5.75 Å². The molecular formula is C17H17BrFNO3. The molecule has 122 valence electrons. The van der Waals surface area contributed by atoms with Crippen molar-refractivity contribution in [2.75, 3.05) is 6.61 Å². The molecule has 0 bridgehead atoms. The number of esters is 1. The van der Waals surface area contributed by atoms with Gasteiger partial charge in [0.15, 0.2) is 6.10 Å². The molecule has 0 spiro atoms. The minimum Gasteiger partial charge on any atom is -0.478 e. The first-order chi connectivity index (χ1) is 11.1. The number of pyridine rings is 1. The largest absolute Gasteiger partial charge is 0.478 e. The number of hydrogen-bond donors (Lipinski definition) is 0. The number of aromatic nitrogens is 1. The zero-order chi connectivity index (χ0) is 16.7. The normalized spacial score (nSPS) is 11.8. The molecule has 0 radical (unpaired) electrons. The van der Waals surface area contributed by atoms with E-state index in [0.717, 1.165) is 12.0 Å². The van der Waals surface area contributed by atoms with Crippen LogP contribution in [0.25, 0.3) is 0 Å². The van der Waals surface area contributed by atoms with Gasteiger partial charge in [0.2, 0.25) is 0 Å². The lowest BCUT2D eigenvalue weighted by atomic mass is 10.2. The fourth-order valence-corrected chi connectivity index (χ4v) is 2.37. The van der Waals surface area contributed by atoms with Crippen molar-refractivity contribution in [2.45, 2.75) is 25.9 Å². The van der Waals surface area contributed by atoms with Gasteiger partial charge in [0, 0.05) is 12.4 Å². The quantitative estimate of drug-likeness (QED) is 0.538. The molecule has 1 unspecified atom stereocenters. The topological polar surface area (TPSA) is 48.4 Å². The first-order valence-corrected chi connectivity index (χ1v) is 8.03. The van der Waals surface area contributed by atoms with Gasteiger partial charge in [-0.05, 0) is 65.5 Å². The van der Waals surface area contributed by atoms with Crippen molar-refractivity contribution in [2.24, 2.45) is 0 Å². The summed E-state index contributed by atoms with van der Waals surface area (Å²) in [7, 11) is 0. The number of nitrogens with zero attached hydrogens (tertiary/aromatic N) is 1. The zero-order valence-corrected chi connectivity index (χ0v) is 14.3. The molecule has 2 rings (SSSR count). The van der Waals surface area contributed by atoms with Crippen LogP contribution < -0.4 is 4.74 Å². The minimum atomic E-state index is -0.768. The summed E-state index contributed by atoms with van der Waals surface area (Å²) in [5.41, 5.74) is 1.10. The Morgan fingerprint density at radius 3 is 2.91 bits per heavy atom. The molecule has 0 fully saturated rings. The second-order valence-electron chi connectivity index (χ2n) is 4.97. The van der Waals surface area contributed by atoms with Crippen molar-refractivity contribution in [1.82, 2.24) is 4.98 Å². The van der Waals surface area contributed by atoms with Gasteiger partial charge in [0.25, 0.3) is 0 Å². The Morgan fingerprint density at radius 1 is 1.39 bits per heavy atom. The van der Waals surface area contributed by atoms with Crippen LogP contribution in [0.2, 0.25) is 0 Å². The van der Waals surface area contributed by atoms with Gasteiger partial charge in [-0.25, -0.2) is 9.18 Å². The first-order valence-electron chi connectivity index (χ1n) is 7.23. The first kappa shape index (κ1) is 17.4. The molecule has 0 aliphatic rings. The second-order valence-corrected chi connectivity index (χ2v) is 5.82. The Balaban J connectivity index is 1.74. The Kier molecular flexibility index (Phi) is 6.52. The van der Waals surface area contributed by atoms with Gasteiger partial charge in [-0.1, -0.05) is 6.07 Å². The van der Waals surface area contributed by atoms with Crippen LogP contribution in [0.3, 0.4) is 0 Å². The lowest BCUT2D eigenvalue weighted by Gasteiger charge is -2.15. The second kappa shape index (κ2) is 8.62. The third-order valence-corrected chi connectivity index (χ3v) is 3.73. The summed E-state index contributed by atoms with van der Waals surface area (Å²) in [6.45, 7) is 1.91. The monoisotopic (exact) mass is 381 g/mol. The average Bonchev–Trinajstić information content (AvgIpc) is 2.55. The molecule has 1 aromatic carbocycles. The van der Waals surface area contributed by atoms with Crippen LogP contribution in [0.15, 0.2) is 47.2 Å². The van der Waals surface area contributed by atoms with Gasteiger partial charge < -0.3 is 9.47 Å². The van der Waals surface area contributed by atoms with Gasteiger partial charge >= 0.3 is 5.97 Å². The number of aryl methyl sites for hydroxylation is 1. The number of ether oxygens (including phenoxy) is 2. The van der Waals surface area contributed by atoms with Gasteiger partial charge in [-0.3, -0.25) is 4.98 Å². The standard InChI is InChI=1S/C17H17BrFNO3/c1-12(23-16-7-6-14(19)10-15(16)18)17(21)22-9-3-5-13-4-2-8-20-11-13/h2,4,6-8,10-12H,3,5,9H2,1H3. The Hall–Kier alpha value is -1.95. The summed E-state index contributed by atoms with van der Waals surface area (Å²) in [4.78, 5) is 15.9. The molecule has 23 heavy (non-hydrogen) atoms. The van der Waals surface area contributed by atoms with Crippen molar-refractivity contribution in [1.29, 1.82) is 0 Å². The predicted octanol–water partition coefficient (Wildman–Crippen LogP) is 3.93. The van der Waals surface area contributed by atoms with Crippen LogP contribution in [-0.4, -0.2) is 23.7 Å². The maximum atomic E-state index is 13.0. The Bertz CT molecular complexity index is 652. The van der Waals surface area contributed by atoms with E-state index < -0.39 is 12.1 Å². The van der Waals surface area contributed by atoms with Crippen LogP contribution in [0.4, 0.5) is 4.39 Å². The number of rotatable bonds is 7. The van der Waals surface area contributed by atoms with E-state index in [1.54, 1.807) is 19.3 Å². The Morgan fingerprint density at radius 2 is 2.22 bits per heavy atom. The van der Waals surface area contributed by atoms with Crippen molar-refractivity contribution in [3.63, 3.8) is 0 Å². The van der Waals surface area contributed by atoms with Gasteiger partial charge in [-0.2, -0.15) is 0 Å². The number of carbonyl (C=O) groups is 1. The van der Waals surface area contributed by atoms with E-state index in [-0.39, 0.29) is 5.82 Å². The number of hydrogen-bond acceptors (Lipinski definition) is 4. The van der Waals surface area contributed by atoms with E-state index in [2.05, 4.69) is 20.9 Å². The molecule has 2 aromatic rings. The van der Waals surface area contributed by atoms with Gasteiger partial charge in [-0.15, -0.1) is 0 Å². The van der Waals surface area contributed by atoms with E-state index in [0.29, 0.717) is 23.2 Å². The predicted molar refractivity (Wildman–Crippen MR) is 87.7 cm³/mol. The highest BCUT2D eigenvalue weighted by molar-refractivity contribution is 9.10. The maximum Gasteiger partial charge on any atom is 0.347 e. The minimum absolute atomic E-state index is 0.312. The summed E-state index contributed by atoms with van der Waals surface area (Å²) < 4.78 is 24.1. The van der Waals surface area contributed by atoms with Gasteiger partial charge in [0.05, 0.1) is 11.1 Å². The Labute approximate surface area is 142 Å². The van der Waals surface area contributed by atoms with E-state index in [4.69, 9.17) is 9.47 Å². The highest BCUT2D eigenvalue weighted by Crippen LogP contribution is 2.26. The van der Waals surface area contributed by atoms with E-state index in [9.17, 15) is 9.18 Å². The van der Waals surface area contributed by atoms with Gasteiger partial charge in [0.1, 0.15) is 11.6 Å². The molecule has 0 aliphatic carbocycles. The summed E-state index contributed by atoms with van der Waals surface area (Å²) in [6.07, 6.45) is 4.25. The molecule has 0 amide bonds. The zero-order valence-electron chi connectivity index (χ0n) is 12.7. The fourth-order valence-electron chi connectivity index (χ4n) is 1.92. The SMILES string of the molecule is CC(Oc1ccc(F)cc1Br)C(=O)OCCCc1cccnc1. The lowest BCUT2D eigenvalue weighted by molar-refractivity contribution is -0.151. The molecule has 1 atom stereocenters. The van der Waals surface area contributed by atoms with Crippen LogP contribution in [0.1, 0.15) is 18.9 Å². The summed E-state index contributed by atoms with van der Waals surface area (Å²) in [5.74, 6) is -0.437. The molecule has 6 heteroatoms. The van der Waals surface area contributed by atoms with Crippen LogP contribution >= 0.6 is 15.9 Å². The number of halogens is 2. The van der Waals surface area contributed by atoms with Crippen molar-refractivity contribution in [3.05, 3.63) is 58.6 Å². The highest BCUT2D eigenvalue weighted by Gasteiger charge is 2.17. The molecule has 0 saturated carbocycles. The van der Waals surface area contributed by atoms with Crippen LogP contribution in [-0.2, 0) is 16.0 Å². The number of benzene rings is 1.